The molecule has 1 amide bonds. The third-order valence-electron chi connectivity index (χ3n) is 4.50. The van der Waals surface area contributed by atoms with Gasteiger partial charge in [-0.05, 0) is 57.0 Å². The molecule has 3 rings (SSSR count). The lowest BCUT2D eigenvalue weighted by Crippen LogP contribution is -2.33. The molecule has 1 aromatic carbocycles. The average Bonchev–Trinajstić information content (AvgIpc) is 2.99. The molecule has 5 nitrogen and oxygen atoms in total. The molecule has 0 fully saturated rings. The van der Waals surface area contributed by atoms with Crippen LogP contribution < -0.4 is 5.32 Å². The first-order valence-electron chi connectivity index (χ1n) is 8.38. The minimum Gasteiger partial charge on any atom is -0.339 e. The summed E-state index contributed by atoms with van der Waals surface area (Å²) in [7, 11) is 3.73. The molecule has 1 aliphatic carbocycles. The second kappa shape index (κ2) is 8.83. The maximum atomic E-state index is 12.8. The van der Waals surface area contributed by atoms with Crippen molar-refractivity contribution in [3.05, 3.63) is 45.7 Å². The molecule has 25 heavy (non-hydrogen) atoms. The lowest BCUT2D eigenvalue weighted by molar-refractivity contribution is 0.0789. The lowest BCUT2D eigenvalue weighted by atomic mass is 9.95. The molecule has 2 aromatic rings. The maximum absolute atomic E-state index is 12.8. The Morgan fingerprint density at radius 1 is 1.28 bits per heavy atom. The van der Waals surface area contributed by atoms with E-state index in [1.54, 1.807) is 4.90 Å². The highest BCUT2D eigenvalue weighted by molar-refractivity contribution is 9.10. The van der Waals surface area contributed by atoms with Crippen LogP contribution in [0.25, 0.3) is 5.69 Å². The van der Waals surface area contributed by atoms with Gasteiger partial charge in [-0.3, -0.25) is 4.79 Å². The number of benzene rings is 1. The zero-order valence-corrected chi connectivity index (χ0v) is 17.0. The molecule has 1 N–H and O–H groups in total. The van der Waals surface area contributed by atoms with Gasteiger partial charge in [-0.1, -0.05) is 15.9 Å². The van der Waals surface area contributed by atoms with Crippen LogP contribution in [-0.4, -0.2) is 47.8 Å². The number of aromatic nitrogens is 2. The third kappa shape index (κ3) is 4.25. The van der Waals surface area contributed by atoms with Gasteiger partial charge < -0.3 is 10.2 Å². The van der Waals surface area contributed by atoms with Crippen molar-refractivity contribution in [2.24, 2.45) is 0 Å². The number of rotatable bonds is 5. The normalized spacial score (nSPS) is 13.1. The van der Waals surface area contributed by atoms with Gasteiger partial charge in [0.1, 0.15) is 0 Å². The van der Waals surface area contributed by atoms with Gasteiger partial charge in [0.2, 0.25) is 0 Å². The number of hydrogen-bond donors (Lipinski definition) is 1. The van der Waals surface area contributed by atoms with Gasteiger partial charge in [0, 0.05) is 35.9 Å². The van der Waals surface area contributed by atoms with Gasteiger partial charge in [0.05, 0.1) is 5.69 Å². The number of nitrogens with zero attached hydrogens (tertiary/aromatic N) is 3. The van der Waals surface area contributed by atoms with Crippen molar-refractivity contribution < 1.29 is 4.79 Å². The lowest BCUT2D eigenvalue weighted by Gasteiger charge is -2.17. The van der Waals surface area contributed by atoms with E-state index in [1.807, 2.05) is 43.0 Å². The monoisotopic (exact) mass is 426 g/mol. The van der Waals surface area contributed by atoms with E-state index in [-0.39, 0.29) is 18.3 Å². The maximum Gasteiger partial charge on any atom is 0.274 e. The summed E-state index contributed by atoms with van der Waals surface area (Å²) in [5, 5.41) is 7.79. The molecule has 0 radical (unpaired) electrons. The Morgan fingerprint density at radius 3 is 2.64 bits per heavy atom. The summed E-state index contributed by atoms with van der Waals surface area (Å²) in [6.45, 7) is 1.45. The zero-order chi connectivity index (χ0) is 17.1. The molecule has 0 spiro atoms. The Balaban J connectivity index is 0.00000225. The summed E-state index contributed by atoms with van der Waals surface area (Å²) in [5.41, 5.74) is 3.94. The molecule has 1 aromatic heterocycles. The molecule has 1 aliphatic rings. The Bertz CT molecular complexity index is 729. The molecule has 0 unspecified atom stereocenters. The largest absolute Gasteiger partial charge is 0.339 e. The highest BCUT2D eigenvalue weighted by Gasteiger charge is 2.27. The predicted molar refractivity (Wildman–Crippen MR) is 106 cm³/mol. The molecular weight excluding hydrogens is 404 g/mol. The van der Waals surface area contributed by atoms with E-state index < -0.39 is 0 Å². The highest BCUT2D eigenvalue weighted by Crippen LogP contribution is 2.28. The first kappa shape index (κ1) is 19.9. The Labute approximate surface area is 163 Å². The minimum absolute atomic E-state index is 0. The fourth-order valence-corrected chi connectivity index (χ4v) is 3.39. The summed E-state index contributed by atoms with van der Waals surface area (Å²) >= 11 is 3.47. The van der Waals surface area contributed by atoms with Crippen molar-refractivity contribution >= 4 is 34.2 Å². The van der Waals surface area contributed by atoms with Crippen molar-refractivity contribution in [3.8, 4) is 5.69 Å². The van der Waals surface area contributed by atoms with Crippen molar-refractivity contribution in [3.63, 3.8) is 0 Å². The van der Waals surface area contributed by atoms with Crippen LogP contribution in [0, 0.1) is 0 Å². The standard InChI is InChI=1S/C18H23BrN4O.ClH/c1-20-11-12-22(2)18(24)17-15-5-3-4-6-16(15)23(21-17)14-9-7-13(19)8-10-14;/h7-10,20H,3-6,11-12H2,1-2H3;1H. The van der Waals surface area contributed by atoms with Crippen molar-refractivity contribution in [2.75, 3.05) is 27.2 Å². The predicted octanol–water partition coefficient (Wildman–Crippen LogP) is 3.23. The smallest absolute Gasteiger partial charge is 0.274 e. The topological polar surface area (TPSA) is 50.2 Å². The van der Waals surface area contributed by atoms with Crippen LogP contribution in [0.5, 0.6) is 0 Å². The van der Waals surface area contributed by atoms with E-state index in [2.05, 4.69) is 21.2 Å². The Kier molecular flexibility index (Phi) is 7.04. The Hall–Kier alpha value is -1.37. The van der Waals surface area contributed by atoms with E-state index in [0.717, 1.165) is 48.0 Å². The van der Waals surface area contributed by atoms with E-state index in [0.29, 0.717) is 12.2 Å². The van der Waals surface area contributed by atoms with Crippen LogP contribution in [0.15, 0.2) is 28.7 Å². The minimum atomic E-state index is 0. The van der Waals surface area contributed by atoms with Crippen LogP contribution in [0.3, 0.4) is 0 Å². The number of halogens is 2. The zero-order valence-electron chi connectivity index (χ0n) is 14.6. The molecule has 0 bridgehead atoms. The molecule has 136 valence electrons. The van der Waals surface area contributed by atoms with Crippen LogP contribution in [0.4, 0.5) is 0 Å². The summed E-state index contributed by atoms with van der Waals surface area (Å²) < 4.78 is 3.00. The number of likely N-dealkylation sites (N-methyl/N-ethyl adjacent to an activating group) is 2. The SMILES string of the molecule is CNCCN(C)C(=O)c1nn(-c2ccc(Br)cc2)c2c1CCCC2.Cl. The van der Waals surface area contributed by atoms with Crippen molar-refractivity contribution in [2.45, 2.75) is 25.7 Å². The van der Waals surface area contributed by atoms with Gasteiger partial charge >= 0.3 is 0 Å². The number of nitrogens with one attached hydrogen (secondary N) is 1. The third-order valence-corrected chi connectivity index (χ3v) is 5.03. The van der Waals surface area contributed by atoms with Crippen molar-refractivity contribution in [1.82, 2.24) is 20.0 Å². The molecule has 7 heteroatoms. The van der Waals surface area contributed by atoms with Gasteiger partial charge in [-0.25, -0.2) is 4.68 Å². The molecular formula is C18H24BrClN4O. The van der Waals surface area contributed by atoms with Crippen LogP contribution >= 0.6 is 28.3 Å². The first-order chi connectivity index (χ1) is 11.6. The van der Waals surface area contributed by atoms with E-state index in [4.69, 9.17) is 5.10 Å². The number of carbonyl (C=O) groups excluding carboxylic acids is 1. The molecule has 0 saturated carbocycles. The summed E-state index contributed by atoms with van der Waals surface area (Å²) in [6, 6.07) is 8.08. The highest BCUT2D eigenvalue weighted by atomic mass is 79.9. The number of hydrogen-bond acceptors (Lipinski definition) is 3. The van der Waals surface area contributed by atoms with Crippen LogP contribution in [0.2, 0.25) is 0 Å². The molecule has 0 aliphatic heterocycles. The number of fused-ring (bicyclic) bond motifs is 1. The van der Waals surface area contributed by atoms with E-state index in [9.17, 15) is 4.79 Å². The second-order valence-corrected chi connectivity index (χ2v) is 7.12. The van der Waals surface area contributed by atoms with E-state index >= 15 is 0 Å². The molecule has 0 saturated heterocycles. The van der Waals surface area contributed by atoms with Gasteiger partial charge in [-0.2, -0.15) is 5.10 Å². The summed E-state index contributed by atoms with van der Waals surface area (Å²) in [6.07, 6.45) is 4.19. The summed E-state index contributed by atoms with van der Waals surface area (Å²) in [4.78, 5) is 14.6. The van der Waals surface area contributed by atoms with Gasteiger partial charge in [0.15, 0.2) is 5.69 Å². The fourth-order valence-electron chi connectivity index (χ4n) is 3.13. The molecule has 1 heterocycles. The average molecular weight is 428 g/mol. The van der Waals surface area contributed by atoms with Gasteiger partial charge in [-0.15, -0.1) is 12.4 Å². The van der Waals surface area contributed by atoms with Crippen molar-refractivity contribution in [1.29, 1.82) is 0 Å². The van der Waals surface area contributed by atoms with Crippen LogP contribution in [0.1, 0.15) is 34.6 Å². The van der Waals surface area contributed by atoms with Crippen LogP contribution in [-0.2, 0) is 12.8 Å². The molecule has 0 atom stereocenters. The quantitative estimate of drug-likeness (QED) is 0.797. The first-order valence-corrected chi connectivity index (χ1v) is 9.18. The fraction of sp³-hybridized carbons (Fsp3) is 0.444. The number of amides is 1. The Morgan fingerprint density at radius 2 is 1.96 bits per heavy atom. The summed E-state index contributed by atoms with van der Waals surface area (Å²) in [5.74, 6) is 0.0132. The van der Waals surface area contributed by atoms with E-state index in [1.165, 1.54) is 5.69 Å². The van der Waals surface area contributed by atoms with Gasteiger partial charge in [0.25, 0.3) is 5.91 Å². The number of carbonyl (C=O) groups is 1. The second-order valence-electron chi connectivity index (χ2n) is 6.20.